The monoisotopic (exact) mass is 920 g/mol. The van der Waals surface area contributed by atoms with Crippen molar-refractivity contribution in [3.8, 4) is 5.75 Å². The van der Waals surface area contributed by atoms with E-state index in [0.29, 0.717) is 18.4 Å². The van der Waals surface area contributed by atoms with E-state index >= 15 is 0 Å². The third-order valence-corrected chi connectivity index (χ3v) is 10.6. The minimum absolute atomic E-state index is 0.0329. The SMILES string of the molecule is CC[C@H](C)[C@H](NC(=O)[C@H](CC(=O)O)NC(=O)[C@@H](NC(=O)[C@@H](NC(=O)[C@H](CCC(=O)O)NC(=O)CNC(=O)[C@H](CC(C)C)NC(=O)[C@@H](N)Cc1ccc(O)cc1)[C@@H](C)CC)C(C)C)C(=O)O. The van der Waals surface area contributed by atoms with Crippen LogP contribution in [0.4, 0.5) is 0 Å². The maximum atomic E-state index is 13.9. The average Bonchev–Trinajstić information content (AvgIpc) is 3.22. The quantitative estimate of drug-likeness (QED) is 0.0482. The fraction of sp³-hybridized carbons (Fsp3) is 0.628. The van der Waals surface area contributed by atoms with Crippen LogP contribution in [0, 0.1) is 23.7 Å². The van der Waals surface area contributed by atoms with Gasteiger partial charge in [-0.25, -0.2) is 4.79 Å². The van der Waals surface area contributed by atoms with E-state index in [1.807, 2.05) is 0 Å². The fourth-order valence-electron chi connectivity index (χ4n) is 6.35. The number of amides is 7. The molecule has 0 aliphatic carbocycles. The van der Waals surface area contributed by atoms with Crippen LogP contribution in [0.25, 0.3) is 0 Å². The van der Waals surface area contributed by atoms with Gasteiger partial charge in [0.15, 0.2) is 0 Å². The number of aromatic hydroxyl groups is 1. The van der Waals surface area contributed by atoms with Crippen molar-refractivity contribution in [1.29, 1.82) is 0 Å². The second-order valence-electron chi connectivity index (χ2n) is 16.9. The summed E-state index contributed by atoms with van der Waals surface area (Å²) in [5.74, 6) is -12.3. The Labute approximate surface area is 378 Å². The van der Waals surface area contributed by atoms with Crippen LogP contribution in [0.5, 0.6) is 5.75 Å². The van der Waals surface area contributed by atoms with E-state index in [1.54, 1.807) is 67.5 Å². The number of carboxylic acid groups (broad SMARTS) is 3. The second-order valence-corrected chi connectivity index (χ2v) is 16.9. The Balaban J connectivity index is 3.19. The molecule has 364 valence electrons. The van der Waals surface area contributed by atoms with Crippen molar-refractivity contribution in [2.75, 3.05) is 6.54 Å². The number of carbonyl (C=O) groups is 10. The molecular weight excluding hydrogens is 853 g/mol. The minimum Gasteiger partial charge on any atom is -0.508 e. The largest absolute Gasteiger partial charge is 0.508 e. The van der Waals surface area contributed by atoms with Gasteiger partial charge in [0.25, 0.3) is 0 Å². The number of phenolic OH excluding ortho intramolecular Hbond substituents is 1. The summed E-state index contributed by atoms with van der Waals surface area (Å²) in [4.78, 5) is 129. The lowest BCUT2D eigenvalue weighted by molar-refractivity contribution is -0.145. The number of nitrogens with one attached hydrogen (secondary N) is 7. The van der Waals surface area contributed by atoms with Gasteiger partial charge in [0.1, 0.15) is 42.0 Å². The van der Waals surface area contributed by atoms with Gasteiger partial charge in [-0.15, -0.1) is 0 Å². The first-order valence-electron chi connectivity index (χ1n) is 21.6. The Morgan fingerprint density at radius 1 is 0.585 bits per heavy atom. The predicted molar refractivity (Wildman–Crippen MR) is 234 cm³/mol. The lowest BCUT2D eigenvalue weighted by Gasteiger charge is -2.30. The molecule has 0 saturated carbocycles. The van der Waals surface area contributed by atoms with Crippen molar-refractivity contribution in [2.24, 2.45) is 29.4 Å². The van der Waals surface area contributed by atoms with Gasteiger partial charge in [-0.3, -0.25) is 43.2 Å². The van der Waals surface area contributed by atoms with Gasteiger partial charge in [0.2, 0.25) is 41.4 Å². The van der Waals surface area contributed by atoms with E-state index in [2.05, 4.69) is 37.2 Å². The number of benzene rings is 1. The van der Waals surface area contributed by atoms with Gasteiger partial charge in [-0.2, -0.15) is 0 Å². The third-order valence-electron chi connectivity index (χ3n) is 10.6. The van der Waals surface area contributed by atoms with Gasteiger partial charge < -0.3 is 63.4 Å². The molecule has 1 rings (SSSR count). The zero-order chi connectivity index (χ0) is 49.7. The molecule has 0 unspecified atom stereocenters. The lowest BCUT2D eigenvalue weighted by atomic mass is 9.95. The van der Waals surface area contributed by atoms with Crippen molar-refractivity contribution in [3.05, 3.63) is 29.8 Å². The maximum absolute atomic E-state index is 13.9. The van der Waals surface area contributed by atoms with Crippen LogP contribution in [-0.4, -0.2) is 129 Å². The van der Waals surface area contributed by atoms with Crippen molar-refractivity contribution < 1.29 is 68.4 Å². The smallest absolute Gasteiger partial charge is 0.326 e. The standard InChI is InChI=1S/C43H68N8O14/c1-9-23(7)35(42(63)49-34(22(5)6)41(62)48-30(19-33(56)57)40(61)51-36(43(64)65)24(8)10-2)50-39(60)28(15-16-32(54)55)46-31(53)20-45-38(59)29(17-21(3)4)47-37(58)27(44)18-25-11-13-26(52)14-12-25/h11-14,21-24,27-30,34-36,52H,9-10,15-20,44H2,1-8H3,(H,45,59)(H,46,53)(H,47,58)(H,48,62)(H,49,63)(H,50,60)(H,51,61)(H,54,55)(H,56,57)(H,64,65)/t23-,24-,27-,28-,29-,30-,34-,35-,36-/m0/s1. The first-order valence-corrected chi connectivity index (χ1v) is 21.6. The van der Waals surface area contributed by atoms with Crippen LogP contribution in [0.15, 0.2) is 24.3 Å². The first-order chi connectivity index (χ1) is 30.3. The van der Waals surface area contributed by atoms with Gasteiger partial charge in [-0.05, 0) is 60.6 Å². The molecule has 22 nitrogen and oxygen atoms in total. The summed E-state index contributed by atoms with van der Waals surface area (Å²) in [6, 6.07) is -3.56. The van der Waals surface area contributed by atoms with Gasteiger partial charge >= 0.3 is 17.9 Å². The number of hydrogen-bond donors (Lipinski definition) is 12. The maximum Gasteiger partial charge on any atom is 0.326 e. The molecule has 65 heavy (non-hydrogen) atoms. The molecule has 0 saturated heterocycles. The molecule has 9 atom stereocenters. The molecule has 0 radical (unpaired) electrons. The Bertz CT molecular complexity index is 1830. The fourth-order valence-corrected chi connectivity index (χ4v) is 6.35. The van der Waals surface area contributed by atoms with E-state index in [1.165, 1.54) is 12.1 Å². The highest BCUT2D eigenvalue weighted by atomic mass is 16.4. The average molecular weight is 921 g/mol. The molecule has 0 fully saturated rings. The number of nitrogens with two attached hydrogens (primary N) is 1. The first kappa shape index (κ1) is 56.7. The normalized spacial score (nSPS) is 15.3. The third kappa shape index (κ3) is 20.4. The molecule has 1 aromatic carbocycles. The zero-order valence-electron chi connectivity index (χ0n) is 38.3. The minimum atomic E-state index is -1.74. The summed E-state index contributed by atoms with van der Waals surface area (Å²) in [6.45, 7) is 12.6. The van der Waals surface area contributed by atoms with Crippen LogP contribution in [-0.2, 0) is 54.4 Å². The second kappa shape index (κ2) is 27.8. The molecule has 0 spiro atoms. The summed E-state index contributed by atoms with van der Waals surface area (Å²) >= 11 is 0. The van der Waals surface area contributed by atoms with E-state index in [9.17, 15) is 68.4 Å². The molecule has 0 aromatic heterocycles. The van der Waals surface area contributed by atoms with Crippen LogP contribution < -0.4 is 43.0 Å². The summed E-state index contributed by atoms with van der Waals surface area (Å²) in [6.07, 6.45) is -1.04. The predicted octanol–water partition coefficient (Wildman–Crippen LogP) is -0.495. The molecule has 1 aromatic rings. The summed E-state index contributed by atoms with van der Waals surface area (Å²) in [5, 5.41) is 55.0. The van der Waals surface area contributed by atoms with Crippen LogP contribution in [0.2, 0.25) is 0 Å². The Hall–Kier alpha value is -6.32. The number of phenols is 1. The number of hydrogen-bond acceptors (Lipinski definition) is 12. The van der Waals surface area contributed by atoms with Crippen molar-refractivity contribution in [1.82, 2.24) is 37.2 Å². The van der Waals surface area contributed by atoms with Gasteiger partial charge in [0.05, 0.1) is 19.0 Å². The molecule has 0 aliphatic rings. The highest BCUT2D eigenvalue weighted by molar-refractivity contribution is 5.98. The van der Waals surface area contributed by atoms with E-state index < -0.39 is 145 Å². The summed E-state index contributed by atoms with van der Waals surface area (Å²) in [5.41, 5.74) is 6.75. The molecule has 0 bridgehead atoms. The molecule has 0 aliphatic heterocycles. The number of carboxylic acids is 3. The number of rotatable bonds is 29. The Kier molecular flexibility index (Phi) is 24.2. The van der Waals surface area contributed by atoms with Crippen LogP contribution in [0.3, 0.4) is 0 Å². The molecular formula is C43H68N8O14. The Morgan fingerprint density at radius 3 is 1.60 bits per heavy atom. The highest BCUT2D eigenvalue weighted by Crippen LogP contribution is 2.14. The lowest BCUT2D eigenvalue weighted by Crippen LogP contribution is -2.61. The van der Waals surface area contributed by atoms with E-state index in [4.69, 9.17) is 5.73 Å². The molecule has 7 amide bonds. The summed E-state index contributed by atoms with van der Waals surface area (Å²) < 4.78 is 0. The van der Waals surface area contributed by atoms with E-state index in [0.717, 1.165) is 0 Å². The van der Waals surface area contributed by atoms with Gasteiger partial charge in [0, 0.05) is 6.42 Å². The zero-order valence-corrected chi connectivity index (χ0v) is 38.3. The molecule has 13 N–H and O–H groups in total. The van der Waals surface area contributed by atoms with Crippen molar-refractivity contribution >= 4 is 59.3 Å². The van der Waals surface area contributed by atoms with Gasteiger partial charge in [-0.1, -0.05) is 80.4 Å². The van der Waals surface area contributed by atoms with Crippen molar-refractivity contribution in [3.63, 3.8) is 0 Å². The molecule has 0 heterocycles. The van der Waals surface area contributed by atoms with E-state index in [-0.39, 0.29) is 24.5 Å². The molecule has 22 heteroatoms. The topological polar surface area (TPSA) is 362 Å². The summed E-state index contributed by atoms with van der Waals surface area (Å²) in [7, 11) is 0. The Morgan fingerprint density at radius 2 is 1.09 bits per heavy atom. The van der Waals surface area contributed by atoms with Crippen molar-refractivity contribution in [2.45, 2.75) is 143 Å². The number of aliphatic carboxylic acids is 3. The van der Waals surface area contributed by atoms with Crippen LogP contribution in [0.1, 0.15) is 99.5 Å². The number of carbonyl (C=O) groups excluding carboxylic acids is 7. The highest BCUT2D eigenvalue weighted by Gasteiger charge is 2.36. The van der Waals surface area contributed by atoms with Crippen LogP contribution >= 0.6 is 0 Å².